The summed E-state index contributed by atoms with van der Waals surface area (Å²) < 4.78 is 0. The Balaban J connectivity index is 1.20. The molecule has 0 bridgehead atoms. The highest BCUT2D eigenvalue weighted by molar-refractivity contribution is 7.98. The lowest BCUT2D eigenvalue weighted by Gasteiger charge is -2.33. The number of aryl methyl sites for hydroxylation is 1. The standard InChI is InChI=1S/C28H34N4OS/c1-21-7-11-24(12-8-21)26-15-16-27(31-30-26)34-20-23-9-13-25(14-10-23)28(33)29-17-5-19-32-18-4-3-6-22(32)2/h7-16,22H,3-6,17-20H2,1-2H3,(H,29,33). The van der Waals surface area contributed by atoms with E-state index in [4.69, 9.17) is 0 Å². The molecule has 1 unspecified atom stereocenters. The Kier molecular flexibility index (Phi) is 8.72. The van der Waals surface area contributed by atoms with E-state index >= 15 is 0 Å². The third kappa shape index (κ3) is 6.90. The summed E-state index contributed by atoms with van der Waals surface area (Å²) in [5.74, 6) is 0.789. The number of aromatic nitrogens is 2. The number of nitrogens with one attached hydrogen (secondary N) is 1. The normalized spacial score (nSPS) is 16.4. The van der Waals surface area contributed by atoms with E-state index in [1.165, 1.54) is 31.4 Å². The van der Waals surface area contributed by atoms with Gasteiger partial charge in [0.05, 0.1) is 5.69 Å². The van der Waals surface area contributed by atoms with Crippen molar-refractivity contribution < 1.29 is 4.79 Å². The first-order chi connectivity index (χ1) is 16.6. The van der Waals surface area contributed by atoms with Crippen LogP contribution in [-0.2, 0) is 5.75 Å². The van der Waals surface area contributed by atoms with Crippen molar-refractivity contribution in [3.05, 3.63) is 77.4 Å². The van der Waals surface area contributed by atoms with Gasteiger partial charge in [-0.05, 0) is 69.5 Å². The summed E-state index contributed by atoms with van der Waals surface area (Å²) in [6.07, 6.45) is 4.93. The van der Waals surface area contributed by atoms with Crippen molar-refractivity contribution in [1.29, 1.82) is 0 Å². The molecule has 1 aliphatic rings. The van der Waals surface area contributed by atoms with Crippen LogP contribution in [0.3, 0.4) is 0 Å². The van der Waals surface area contributed by atoms with Gasteiger partial charge in [-0.15, -0.1) is 10.2 Å². The van der Waals surface area contributed by atoms with Crippen molar-refractivity contribution >= 4 is 17.7 Å². The van der Waals surface area contributed by atoms with Crippen molar-refractivity contribution in [3.8, 4) is 11.3 Å². The third-order valence-electron chi connectivity index (χ3n) is 6.44. The quantitative estimate of drug-likeness (QED) is 0.317. The molecule has 1 fully saturated rings. The van der Waals surface area contributed by atoms with Gasteiger partial charge in [-0.2, -0.15) is 0 Å². The van der Waals surface area contributed by atoms with Crippen LogP contribution >= 0.6 is 11.8 Å². The number of thioether (sulfide) groups is 1. The van der Waals surface area contributed by atoms with Gasteiger partial charge in [0.15, 0.2) is 0 Å². The molecule has 1 N–H and O–H groups in total. The SMILES string of the molecule is Cc1ccc(-c2ccc(SCc3ccc(C(=O)NCCCN4CCCCC4C)cc3)nn2)cc1. The van der Waals surface area contributed by atoms with E-state index in [-0.39, 0.29) is 5.91 Å². The van der Waals surface area contributed by atoms with Crippen LogP contribution in [0.1, 0.15) is 54.1 Å². The largest absolute Gasteiger partial charge is 0.352 e. The van der Waals surface area contributed by atoms with Crippen LogP contribution in [0.2, 0.25) is 0 Å². The fourth-order valence-electron chi connectivity index (χ4n) is 4.26. The second-order valence-corrected chi connectivity index (χ2v) is 10.1. The molecule has 0 radical (unpaired) electrons. The second kappa shape index (κ2) is 12.1. The molecule has 0 aliphatic carbocycles. The van der Waals surface area contributed by atoms with Gasteiger partial charge in [-0.1, -0.05) is 60.1 Å². The minimum absolute atomic E-state index is 0.00320. The molecular weight excluding hydrogens is 440 g/mol. The average Bonchev–Trinajstić information content (AvgIpc) is 2.87. The number of nitrogens with zero attached hydrogens (tertiary/aromatic N) is 3. The maximum Gasteiger partial charge on any atom is 0.251 e. The number of amides is 1. The first kappa shape index (κ1) is 24.4. The highest BCUT2D eigenvalue weighted by atomic mass is 32.2. The lowest BCUT2D eigenvalue weighted by atomic mass is 10.0. The maximum atomic E-state index is 12.5. The topological polar surface area (TPSA) is 58.1 Å². The fraction of sp³-hybridized carbons (Fsp3) is 0.393. The molecule has 34 heavy (non-hydrogen) atoms. The van der Waals surface area contributed by atoms with E-state index in [1.54, 1.807) is 11.8 Å². The Hall–Kier alpha value is -2.70. The van der Waals surface area contributed by atoms with Crippen LogP contribution in [0.5, 0.6) is 0 Å². The van der Waals surface area contributed by atoms with Gasteiger partial charge in [-0.25, -0.2) is 0 Å². The molecular formula is C28H34N4OS. The van der Waals surface area contributed by atoms with Crippen molar-refractivity contribution in [2.75, 3.05) is 19.6 Å². The summed E-state index contributed by atoms with van der Waals surface area (Å²) in [6.45, 7) is 7.36. The molecule has 1 amide bonds. The molecule has 1 aromatic heterocycles. The van der Waals surface area contributed by atoms with Crippen molar-refractivity contribution in [3.63, 3.8) is 0 Å². The van der Waals surface area contributed by atoms with Gasteiger partial charge in [0.25, 0.3) is 5.91 Å². The average molecular weight is 475 g/mol. The number of carbonyl (C=O) groups is 1. The zero-order chi connectivity index (χ0) is 23.8. The molecule has 1 aliphatic heterocycles. The highest BCUT2D eigenvalue weighted by Gasteiger charge is 2.17. The van der Waals surface area contributed by atoms with Crippen LogP contribution < -0.4 is 5.32 Å². The zero-order valence-electron chi connectivity index (χ0n) is 20.2. The van der Waals surface area contributed by atoms with E-state index in [0.717, 1.165) is 47.1 Å². The van der Waals surface area contributed by atoms with Gasteiger partial charge in [0, 0.05) is 36.0 Å². The van der Waals surface area contributed by atoms with E-state index in [2.05, 4.69) is 58.5 Å². The van der Waals surface area contributed by atoms with E-state index in [9.17, 15) is 4.79 Å². The zero-order valence-corrected chi connectivity index (χ0v) is 21.0. The third-order valence-corrected chi connectivity index (χ3v) is 7.43. The molecule has 0 saturated carbocycles. The smallest absolute Gasteiger partial charge is 0.251 e. The number of hydrogen-bond donors (Lipinski definition) is 1. The number of benzene rings is 2. The summed E-state index contributed by atoms with van der Waals surface area (Å²) in [5.41, 5.74) is 5.05. The number of hydrogen-bond acceptors (Lipinski definition) is 5. The Labute approximate surface area is 207 Å². The first-order valence-corrected chi connectivity index (χ1v) is 13.2. The monoisotopic (exact) mass is 474 g/mol. The molecule has 0 spiro atoms. The van der Waals surface area contributed by atoms with Crippen LogP contribution in [0.15, 0.2) is 65.7 Å². The molecule has 1 saturated heterocycles. The Morgan fingerprint density at radius 1 is 1.03 bits per heavy atom. The lowest BCUT2D eigenvalue weighted by molar-refractivity contribution is 0.0949. The summed E-state index contributed by atoms with van der Waals surface area (Å²) >= 11 is 1.65. The number of likely N-dealkylation sites (tertiary alicyclic amines) is 1. The first-order valence-electron chi connectivity index (χ1n) is 12.2. The van der Waals surface area contributed by atoms with Crippen molar-refractivity contribution in [2.24, 2.45) is 0 Å². The molecule has 3 aromatic rings. The molecule has 4 rings (SSSR count). The van der Waals surface area contributed by atoms with Gasteiger partial charge in [0.1, 0.15) is 5.03 Å². The van der Waals surface area contributed by atoms with Crippen LogP contribution in [0, 0.1) is 6.92 Å². The number of carbonyl (C=O) groups excluding carboxylic acids is 1. The summed E-state index contributed by atoms with van der Waals surface area (Å²) in [5, 5.41) is 12.7. The predicted octanol–water partition coefficient (Wildman–Crippen LogP) is 5.74. The van der Waals surface area contributed by atoms with Crippen molar-refractivity contribution in [2.45, 2.75) is 56.4 Å². The van der Waals surface area contributed by atoms with Gasteiger partial charge < -0.3 is 10.2 Å². The number of piperidine rings is 1. The fourth-order valence-corrected chi connectivity index (χ4v) is 5.03. The van der Waals surface area contributed by atoms with Crippen molar-refractivity contribution in [1.82, 2.24) is 20.4 Å². The minimum Gasteiger partial charge on any atom is -0.352 e. The number of rotatable bonds is 9. The molecule has 5 nitrogen and oxygen atoms in total. The van der Waals surface area contributed by atoms with E-state index in [1.807, 2.05) is 36.4 Å². The van der Waals surface area contributed by atoms with Gasteiger partial charge in [-0.3, -0.25) is 4.79 Å². The highest BCUT2D eigenvalue weighted by Crippen LogP contribution is 2.23. The maximum absolute atomic E-state index is 12.5. The second-order valence-electron chi connectivity index (χ2n) is 9.10. The minimum atomic E-state index is 0.00320. The van der Waals surface area contributed by atoms with Crippen LogP contribution in [-0.4, -0.2) is 46.7 Å². The molecule has 2 heterocycles. The molecule has 178 valence electrons. The summed E-state index contributed by atoms with van der Waals surface area (Å²) in [6, 6.07) is 20.9. The van der Waals surface area contributed by atoms with Crippen LogP contribution in [0.25, 0.3) is 11.3 Å². The predicted molar refractivity (Wildman–Crippen MR) is 140 cm³/mol. The Bertz CT molecular complexity index is 1050. The summed E-state index contributed by atoms with van der Waals surface area (Å²) in [7, 11) is 0. The Morgan fingerprint density at radius 3 is 2.53 bits per heavy atom. The van der Waals surface area contributed by atoms with Crippen LogP contribution in [0.4, 0.5) is 0 Å². The molecule has 6 heteroatoms. The van der Waals surface area contributed by atoms with Gasteiger partial charge in [0.2, 0.25) is 0 Å². The van der Waals surface area contributed by atoms with E-state index < -0.39 is 0 Å². The molecule has 2 aromatic carbocycles. The van der Waals surface area contributed by atoms with Gasteiger partial charge >= 0.3 is 0 Å². The Morgan fingerprint density at radius 2 is 1.82 bits per heavy atom. The summed E-state index contributed by atoms with van der Waals surface area (Å²) in [4.78, 5) is 15.0. The molecule has 1 atom stereocenters. The van der Waals surface area contributed by atoms with E-state index in [0.29, 0.717) is 11.6 Å². The lowest BCUT2D eigenvalue weighted by Crippen LogP contribution is -2.39.